The van der Waals surface area contributed by atoms with Gasteiger partial charge < -0.3 is 14.4 Å². The third-order valence-electron chi connectivity index (χ3n) is 4.11. The molecule has 0 spiro atoms. The van der Waals surface area contributed by atoms with Crippen LogP contribution in [0.4, 0.5) is 0 Å². The number of halogens is 1. The van der Waals surface area contributed by atoms with Gasteiger partial charge in [-0.25, -0.2) is 4.79 Å². The van der Waals surface area contributed by atoms with Crippen molar-refractivity contribution in [3.63, 3.8) is 0 Å². The first kappa shape index (κ1) is 15.1. The molecule has 1 aliphatic rings. The number of likely N-dealkylation sites (N-methyl/N-ethyl adjacent to an activating group) is 1. The molecule has 6 heteroatoms. The Morgan fingerprint density at radius 2 is 1.95 bits per heavy atom. The summed E-state index contributed by atoms with van der Waals surface area (Å²) in [6.45, 7) is 1.77. The summed E-state index contributed by atoms with van der Waals surface area (Å²) in [7, 11) is 1.55. The summed E-state index contributed by atoms with van der Waals surface area (Å²) >= 11 is 3.19. The number of carboxylic acid groups (broad SMARTS) is 1. The first-order valence-corrected chi connectivity index (χ1v) is 7.45. The molecule has 1 heterocycles. The lowest BCUT2D eigenvalue weighted by Crippen LogP contribution is -2.56. The standard InChI is InChI=1S/C14H18BrNO4/c1-9-8-10(15)20-11(9)12(17)16(2)14(13(18)19)6-4-3-5-7-14/h8H,3-7H2,1-2H3,(H,18,19). The summed E-state index contributed by atoms with van der Waals surface area (Å²) in [5.74, 6) is -1.11. The fourth-order valence-electron chi connectivity index (χ4n) is 2.83. The second-order valence-corrected chi connectivity index (χ2v) is 6.11. The van der Waals surface area contributed by atoms with Crippen molar-refractivity contribution in [3.8, 4) is 0 Å². The summed E-state index contributed by atoms with van der Waals surface area (Å²) < 4.78 is 5.82. The lowest BCUT2D eigenvalue weighted by molar-refractivity contribution is -0.151. The second kappa shape index (κ2) is 5.60. The van der Waals surface area contributed by atoms with Crippen LogP contribution in [0, 0.1) is 6.92 Å². The molecule has 1 fully saturated rings. The molecule has 20 heavy (non-hydrogen) atoms. The van der Waals surface area contributed by atoms with Crippen LogP contribution in [0.1, 0.15) is 48.2 Å². The Labute approximate surface area is 126 Å². The maximum atomic E-state index is 12.5. The fraction of sp³-hybridized carbons (Fsp3) is 0.571. The number of aryl methyl sites for hydroxylation is 1. The van der Waals surface area contributed by atoms with Gasteiger partial charge >= 0.3 is 5.97 Å². The molecule has 1 amide bonds. The zero-order valence-corrected chi connectivity index (χ0v) is 13.2. The minimum Gasteiger partial charge on any atom is -0.479 e. The van der Waals surface area contributed by atoms with E-state index >= 15 is 0 Å². The van der Waals surface area contributed by atoms with Crippen molar-refractivity contribution < 1.29 is 19.1 Å². The minimum absolute atomic E-state index is 0.200. The topological polar surface area (TPSA) is 70.8 Å². The number of nitrogens with zero attached hydrogens (tertiary/aromatic N) is 1. The predicted molar refractivity (Wildman–Crippen MR) is 76.7 cm³/mol. The van der Waals surface area contributed by atoms with Gasteiger partial charge in [0, 0.05) is 12.6 Å². The monoisotopic (exact) mass is 343 g/mol. The van der Waals surface area contributed by atoms with Crippen LogP contribution in [-0.4, -0.2) is 34.5 Å². The number of hydrogen-bond acceptors (Lipinski definition) is 3. The number of furan rings is 1. The number of hydrogen-bond donors (Lipinski definition) is 1. The Kier molecular flexibility index (Phi) is 4.22. The molecule has 0 bridgehead atoms. The van der Waals surface area contributed by atoms with E-state index in [2.05, 4.69) is 15.9 Å². The lowest BCUT2D eigenvalue weighted by Gasteiger charge is -2.40. The van der Waals surface area contributed by atoms with Gasteiger partial charge in [-0.1, -0.05) is 19.3 Å². The van der Waals surface area contributed by atoms with Crippen LogP contribution < -0.4 is 0 Å². The van der Waals surface area contributed by atoms with E-state index in [4.69, 9.17) is 4.42 Å². The van der Waals surface area contributed by atoms with Crippen LogP contribution in [-0.2, 0) is 4.79 Å². The van der Waals surface area contributed by atoms with Gasteiger partial charge in [0.2, 0.25) is 0 Å². The molecule has 0 aromatic carbocycles. The minimum atomic E-state index is -1.11. The maximum absolute atomic E-state index is 12.5. The molecule has 0 atom stereocenters. The molecular weight excluding hydrogens is 326 g/mol. The average Bonchev–Trinajstić information content (AvgIpc) is 2.76. The van der Waals surface area contributed by atoms with Crippen molar-refractivity contribution in [2.75, 3.05) is 7.05 Å². The van der Waals surface area contributed by atoms with Gasteiger partial charge in [0.1, 0.15) is 5.54 Å². The summed E-state index contributed by atoms with van der Waals surface area (Å²) in [4.78, 5) is 25.6. The molecule has 0 saturated heterocycles. The molecule has 5 nitrogen and oxygen atoms in total. The highest BCUT2D eigenvalue weighted by Crippen LogP contribution is 2.35. The van der Waals surface area contributed by atoms with Gasteiger partial charge in [0.15, 0.2) is 10.4 Å². The molecule has 1 N–H and O–H groups in total. The van der Waals surface area contributed by atoms with Crippen molar-refractivity contribution in [1.82, 2.24) is 4.90 Å². The number of rotatable bonds is 3. The summed E-state index contributed by atoms with van der Waals surface area (Å²) in [5, 5.41) is 9.60. The summed E-state index contributed by atoms with van der Waals surface area (Å²) in [6.07, 6.45) is 3.65. The van der Waals surface area contributed by atoms with Crippen molar-refractivity contribution in [3.05, 3.63) is 22.1 Å². The van der Waals surface area contributed by atoms with E-state index in [1.807, 2.05) is 0 Å². The molecular formula is C14H18BrNO4. The van der Waals surface area contributed by atoms with E-state index in [1.54, 1.807) is 20.0 Å². The van der Waals surface area contributed by atoms with Crippen LogP contribution in [0.2, 0.25) is 0 Å². The van der Waals surface area contributed by atoms with E-state index in [9.17, 15) is 14.7 Å². The van der Waals surface area contributed by atoms with Crippen molar-refractivity contribution in [2.24, 2.45) is 0 Å². The molecule has 1 aliphatic carbocycles. The van der Waals surface area contributed by atoms with Gasteiger partial charge in [-0.15, -0.1) is 0 Å². The van der Waals surface area contributed by atoms with Gasteiger partial charge in [-0.3, -0.25) is 4.79 Å². The average molecular weight is 344 g/mol. The van der Waals surface area contributed by atoms with Gasteiger partial charge in [0.05, 0.1) is 0 Å². The predicted octanol–water partition coefficient (Wildman–Crippen LogP) is 3.21. The Hall–Kier alpha value is -1.30. The smallest absolute Gasteiger partial charge is 0.329 e. The van der Waals surface area contributed by atoms with Gasteiger partial charge in [-0.2, -0.15) is 0 Å². The van der Waals surface area contributed by atoms with Crippen LogP contribution in [0.5, 0.6) is 0 Å². The van der Waals surface area contributed by atoms with E-state index < -0.39 is 11.5 Å². The molecule has 1 aromatic heterocycles. The Morgan fingerprint density at radius 1 is 1.35 bits per heavy atom. The van der Waals surface area contributed by atoms with Crippen LogP contribution in [0.3, 0.4) is 0 Å². The Morgan fingerprint density at radius 3 is 2.40 bits per heavy atom. The maximum Gasteiger partial charge on any atom is 0.329 e. The Balaban J connectivity index is 2.32. The van der Waals surface area contributed by atoms with E-state index in [1.165, 1.54) is 4.90 Å². The molecule has 0 radical (unpaired) electrons. The van der Waals surface area contributed by atoms with Gasteiger partial charge in [-0.05, 0) is 41.8 Å². The molecule has 1 saturated carbocycles. The van der Waals surface area contributed by atoms with Gasteiger partial charge in [0.25, 0.3) is 5.91 Å². The van der Waals surface area contributed by atoms with Crippen LogP contribution in [0.15, 0.2) is 15.2 Å². The second-order valence-electron chi connectivity index (χ2n) is 5.32. The molecule has 1 aromatic rings. The number of carbonyl (C=O) groups is 2. The molecule has 0 unspecified atom stereocenters. The van der Waals surface area contributed by atoms with E-state index in [0.29, 0.717) is 23.1 Å². The number of amides is 1. The zero-order valence-electron chi connectivity index (χ0n) is 11.6. The first-order valence-electron chi connectivity index (χ1n) is 6.66. The number of carbonyl (C=O) groups excluding carboxylic acids is 1. The van der Waals surface area contributed by atoms with Crippen molar-refractivity contribution in [1.29, 1.82) is 0 Å². The largest absolute Gasteiger partial charge is 0.479 e. The van der Waals surface area contributed by atoms with E-state index in [-0.39, 0.29) is 11.7 Å². The summed E-state index contributed by atoms with van der Waals surface area (Å²) in [5.41, 5.74) is -0.411. The first-order chi connectivity index (χ1) is 9.38. The third kappa shape index (κ3) is 2.49. The zero-order chi connectivity index (χ0) is 14.9. The highest BCUT2D eigenvalue weighted by molar-refractivity contribution is 9.10. The fourth-order valence-corrected chi connectivity index (χ4v) is 3.34. The van der Waals surface area contributed by atoms with Crippen molar-refractivity contribution in [2.45, 2.75) is 44.6 Å². The third-order valence-corrected chi connectivity index (χ3v) is 4.50. The Bertz CT molecular complexity index is 531. The number of aliphatic carboxylic acids is 1. The van der Waals surface area contributed by atoms with E-state index in [0.717, 1.165) is 19.3 Å². The summed E-state index contributed by atoms with van der Waals surface area (Å²) in [6, 6.07) is 1.70. The van der Waals surface area contributed by atoms with Crippen LogP contribution in [0.25, 0.3) is 0 Å². The highest BCUT2D eigenvalue weighted by Gasteiger charge is 2.46. The molecule has 2 rings (SSSR count). The molecule has 110 valence electrons. The quantitative estimate of drug-likeness (QED) is 0.914. The molecule has 0 aliphatic heterocycles. The lowest BCUT2D eigenvalue weighted by atomic mass is 9.80. The van der Waals surface area contributed by atoms with Crippen molar-refractivity contribution >= 4 is 27.8 Å². The number of carboxylic acids is 1. The normalized spacial score (nSPS) is 17.8. The highest BCUT2D eigenvalue weighted by atomic mass is 79.9. The SMILES string of the molecule is Cc1cc(Br)oc1C(=O)N(C)C1(C(=O)O)CCCCC1. The van der Waals surface area contributed by atoms with Crippen LogP contribution >= 0.6 is 15.9 Å².